The quantitative estimate of drug-likeness (QED) is 0.173. The van der Waals surface area contributed by atoms with Gasteiger partial charge >= 0.3 is 0 Å². The molecule has 0 aliphatic rings. The maximum Gasteiger partial charge on any atom is 0.0490 e. The van der Waals surface area contributed by atoms with E-state index in [4.69, 9.17) is 0 Å². The monoisotopic (exact) mass is 592 g/mol. The second-order valence-corrected chi connectivity index (χ2v) is 11.6. The Morgan fingerprint density at radius 1 is 0.283 bits per heavy atom. The van der Waals surface area contributed by atoms with Gasteiger partial charge in [-0.05, 0) is 108 Å². The Morgan fingerprint density at radius 3 is 1.07 bits per heavy atom. The van der Waals surface area contributed by atoms with E-state index in [9.17, 15) is 0 Å². The number of hydrogen-bond donors (Lipinski definition) is 0. The summed E-state index contributed by atoms with van der Waals surface area (Å²) in [6.45, 7) is 4.29. The molecule has 2 nitrogen and oxygen atoms in total. The van der Waals surface area contributed by atoms with Crippen LogP contribution in [0.2, 0.25) is 0 Å². The van der Waals surface area contributed by atoms with E-state index in [1.807, 2.05) is 0 Å². The minimum atomic E-state index is 1.13. The van der Waals surface area contributed by atoms with E-state index in [1.165, 1.54) is 39.1 Å². The first-order valence-electron chi connectivity index (χ1n) is 15.8. The van der Waals surface area contributed by atoms with E-state index >= 15 is 0 Å². The van der Waals surface area contributed by atoms with E-state index in [0.717, 1.165) is 28.4 Å². The number of hydrogen-bond acceptors (Lipinski definition) is 2. The van der Waals surface area contributed by atoms with Crippen molar-refractivity contribution in [3.05, 3.63) is 193 Å². The molecule has 0 saturated heterocycles. The van der Waals surface area contributed by atoms with E-state index in [2.05, 4.69) is 206 Å². The maximum atomic E-state index is 2.32. The lowest BCUT2D eigenvalue weighted by atomic mass is 9.99. The summed E-state index contributed by atoms with van der Waals surface area (Å²) in [6.07, 6.45) is 0. The highest BCUT2D eigenvalue weighted by molar-refractivity contribution is 5.81. The summed E-state index contributed by atoms with van der Waals surface area (Å²) in [6, 6.07) is 64.9. The molecule has 0 atom stereocenters. The largest absolute Gasteiger partial charge is 0.311 e. The van der Waals surface area contributed by atoms with Gasteiger partial charge in [0.25, 0.3) is 0 Å². The molecule has 0 aliphatic carbocycles. The van der Waals surface area contributed by atoms with Gasteiger partial charge in [-0.3, -0.25) is 0 Å². The fourth-order valence-corrected chi connectivity index (χ4v) is 6.00. The zero-order chi connectivity index (χ0) is 31.3. The average Bonchev–Trinajstić information content (AvgIpc) is 3.12. The van der Waals surface area contributed by atoms with Crippen molar-refractivity contribution in [1.82, 2.24) is 0 Å². The Hall–Kier alpha value is -5.86. The van der Waals surface area contributed by atoms with Crippen molar-refractivity contribution in [3.63, 3.8) is 0 Å². The molecule has 0 radical (unpaired) electrons. The topological polar surface area (TPSA) is 6.48 Å². The lowest BCUT2D eigenvalue weighted by Gasteiger charge is -2.27. The van der Waals surface area contributed by atoms with E-state index in [1.54, 1.807) is 0 Å². The molecule has 46 heavy (non-hydrogen) atoms. The summed E-state index contributed by atoms with van der Waals surface area (Å²) in [5, 5.41) is 0. The van der Waals surface area contributed by atoms with Crippen LogP contribution in [-0.2, 0) is 0 Å². The highest BCUT2D eigenvalue weighted by atomic mass is 15.1. The Bertz CT molecular complexity index is 2010. The number of para-hydroxylation sites is 3. The number of benzene rings is 7. The van der Waals surface area contributed by atoms with Gasteiger partial charge in [0, 0.05) is 34.1 Å². The van der Waals surface area contributed by atoms with Crippen LogP contribution >= 0.6 is 0 Å². The third kappa shape index (κ3) is 6.06. The third-order valence-electron chi connectivity index (χ3n) is 8.48. The van der Waals surface area contributed by atoms with E-state index in [-0.39, 0.29) is 0 Å². The normalized spacial score (nSPS) is 10.8. The Labute approximate surface area is 272 Å². The zero-order valence-corrected chi connectivity index (χ0v) is 26.2. The van der Waals surface area contributed by atoms with Crippen LogP contribution in [0.15, 0.2) is 182 Å². The summed E-state index contributed by atoms with van der Waals surface area (Å²) in [5.41, 5.74) is 14.2. The van der Waals surface area contributed by atoms with Crippen LogP contribution in [0, 0.1) is 13.8 Å². The molecule has 0 bridgehead atoms. The molecule has 0 aliphatic heterocycles. The lowest BCUT2D eigenvalue weighted by molar-refractivity contribution is 1.25. The Balaban J connectivity index is 1.13. The standard InChI is InChI=1S/C44H36N2/c1-33-17-27-41(28-18-33)45(39-12-5-3-6-13-39)42-29-23-37(24-30-42)35-19-21-36(22-20-35)38-25-31-43(32-26-38)46(40-14-7-4-8-15-40)44-16-10-9-11-34(44)2/h3-32H,1-2H3. The predicted molar refractivity (Wildman–Crippen MR) is 196 cm³/mol. The van der Waals surface area contributed by atoms with Crippen molar-refractivity contribution >= 4 is 34.1 Å². The number of anilines is 6. The molecule has 0 N–H and O–H groups in total. The first kappa shape index (κ1) is 28.9. The molecular formula is C44H36N2. The smallest absolute Gasteiger partial charge is 0.0490 e. The van der Waals surface area contributed by atoms with E-state index < -0.39 is 0 Å². The van der Waals surface area contributed by atoms with Crippen molar-refractivity contribution in [1.29, 1.82) is 0 Å². The molecule has 7 aromatic rings. The molecule has 2 heteroatoms. The molecule has 0 unspecified atom stereocenters. The van der Waals surface area contributed by atoms with Crippen LogP contribution in [0.4, 0.5) is 34.1 Å². The minimum Gasteiger partial charge on any atom is -0.311 e. The first-order valence-corrected chi connectivity index (χ1v) is 15.8. The van der Waals surface area contributed by atoms with Gasteiger partial charge in [0.05, 0.1) is 0 Å². The van der Waals surface area contributed by atoms with Gasteiger partial charge in [0.15, 0.2) is 0 Å². The minimum absolute atomic E-state index is 1.13. The van der Waals surface area contributed by atoms with E-state index in [0.29, 0.717) is 0 Å². The summed E-state index contributed by atoms with van der Waals surface area (Å²) < 4.78 is 0. The number of rotatable bonds is 8. The molecular weight excluding hydrogens is 556 g/mol. The average molecular weight is 593 g/mol. The van der Waals surface area contributed by atoms with Crippen LogP contribution in [0.3, 0.4) is 0 Å². The second kappa shape index (κ2) is 13.0. The van der Waals surface area contributed by atoms with Gasteiger partial charge in [-0.25, -0.2) is 0 Å². The van der Waals surface area contributed by atoms with Crippen molar-refractivity contribution in [3.8, 4) is 22.3 Å². The summed E-state index contributed by atoms with van der Waals surface area (Å²) in [5.74, 6) is 0. The lowest BCUT2D eigenvalue weighted by Crippen LogP contribution is -2.11. The Kier molecular flexibility index (Phi) is 8.17. The van der Waals surface area contributed by atoms with Crippen molar-refractivity contribution in [2.75, 3.05) is 9.80 Å². The maximum absolute atomic E-state index is 2.32. The molecule has 7 aromatic carbocycles. The molecule has 0 amide bonds. The molecule has 7 rings (SSSR count). The van der Waals surface area contributed by atoms with Crippen LogP contribution in [0.1, 0.15) is 11.1 Å². The Morgan fingerprint density at radius 2 is 0.609 bits per heavy atom. The SMILES string of the molecule is Cc1ccc(N(c2ccccc2)c2ccc(-c3ccc(-c4ccc(N(c5ccccc5)c5ccccc5C)cc4)cc3)cc2)cc1. The van der Waals surface area contributed by atoms with Gasteiger partial charge in [-0.2, -0.15) is 0 Å². The van der Waals surface area contributed by atoms with Crippen molar-refractivity contribution in [2.24, 2.45) is 0 Å². The summed E-state index contributed by atoms with van der Waals surface area (Å²) in [4.78, 5) is 4.62. The van der Waals surface area contributed by atoms with Crippen molar-refractivity contribution < 1.29 is 0 Å². The highest BCUT2D eigenvalue weighted by Gasteiger charge is 2.15. The second-order valence-electron chi connectivity index (χ2n) is 11.6. The van der Waals surface area contributed by atoms with Crippen LogP contribution in [0.5, 0.6) is 0 Å². The van der Waals surface area contributed by atoms with Crippen LogP contribution < -0.4 is 9.80 Å². The molecule has 0 spiro atoms. The zero-order valence-electron chi connectivity index (χ0n) is 26.2. The van der Waals surface area contributed by atoms with Gasteiger partial charge in [-0.15, -0.1) is 0 Å². The molecule has 0 aromatic heterocycles. The van der Waals surface area contributed by atoms with Gasteiger partial charge in [0.2, 0.25) is 0 Å². The predicted octanol–water partition coefficient (Wildman–Crippen LogP) is 12.6. The molecule has 222 valence electrons. The fourth-order valence-electron chi connectivity index (χ4n) is 6.00. The summed E-state index contributed by atoms with van der Waals surface area (Å²) in [7, 11) is 0. The first-order chi connectivity index (χ1) is 22.6. The molecule has 0 saturated carbocycles. The van der Waals surface area contributed by atoms with Gasteiger partial charge < -0.3 is 9.80 Å². The van der Waals surface area contributed by atoms with Crippen LogP contribution in [-0.4, -0.2) is 0 Å². The fraction of sp³-hybridized carbons (Fsp3) is 0.0455. The van der Waals surface area contributed by atoms with Crippen LogP contribution in [0.25, 0.3) is 22.3 Å². The number of aryl methyl sites for hydroxylation is 2. The molecule has 0 fully saturated rings. The number of nitrogens with zero attached hydrogens (tertiary/aromatic N) is 2. The third-order valence-corrected chi connectivity index (χ3v) is 8.48. The van der Waals surface area contributed by atoms with Crippen molar-refractivity contribution in [2.45, 2.75) is 13.8 Å². The highest BCUT2D eigenvalue weighted by Crippen LogP contribution is 2.38. The summed E-state index contributed by atoms with van der Waals surface area (Å²) >= 11 is 0. The van der Waals surface area contributed by atoms with Gasteiger partial charge in [-0.1, -0.05) is 121 Å². The molecule has 0 heterocycles. The van der Waals surface area contributed by atoms with Gasteiger partial charge in [0.1, 0.15) is 0 Å².